The minimum absolute atomic E-state index is 0.110. The molecule has 5 heteroatoms. The third-order valence-electron chi connectivity index (χ3n) is 7.79. The molecular formula is C20H21NO4. The van der Waals surface area contributed by atoms with Gasteiger partial charge >= 0.3 is 12.1 Å². The van der Waals surface area contributed by atoms with Crippen LogP contribution in [0.2, 0.25) is 0 Å². The molecule has 6 fully saturated rings. The Morgan fingerprint density at radius 3 is 2.16 bits per heavy atom. The monoisotopic (exact) mass is 339 g/mol. The Kier molecular flexibility index (Phi) is 2.59. The highest BCUT2D eigenvalue weighted by molar-refractivity contribution is 5.77. The van der Waals surface area contributed by atoms with E-state index in [0.29, 0.717) is 11.8 Å². The summed E-state index contributed by atoms with van der Waals surface area (Å²) >= 11 is 0. The van der Waals surface area contributed by atoms with E-state index in [1.807, 2.05) is 30.3 Å². The standard InChI is InChI=1S/C20H21NO4/c1-24-19(22)17-15-11-9-10-12(15)14(10)16(13(9)11)18(17)21-20(23)25-7-8-5-3-2-4-6-8/h2-6,9-18H,7H2,1H3,(H,21,23)/t9?,10?,11?,12?,13?,14?,15?,16?,17-,18+/m1/s1. The molecule has 6 saturated carbocycles. The van der Waals surface area contributed by atoms with Crippen LogP contribution in [0.4, 0.5) is 4.79 Å². The normalized spacial score (nSPS) is 48.7. The first-order valence-electron chi connectivity index (χ1n) is 9.27. The fraction of sp³-hybridized carbons (Fsp3) is 0.600. The van der Waals surface area contributed by atoms with Gasteiger partial charge in [-0.25, -0.2) is 4.79 Å². The lowest BCUT2D eigenvalue weighted by atomic mass is 9.61. The molecule has 0 spiro atoms. The van der Waals surface area contributed by atoms with E-state index in [1.54, 1.807) is 0 Å². The molecule has 0 aromatic heterocycles. The van der Waals surface area contributed by atoms with Crippen molar-refractivity contribution < 1.29 is 19.1 Å². The predicted molar refractivity (Wildman–Crippen MR) is 87.0 cm³/mol. The smallest absolute Gasteiger partial charge is 0.407 e. The first-order chi connectivity index (χ1) is 12.2. The second-order valence-electron chi connectivity index (χ2n) is 8.40. The summed E-state index contributed by atoms with van der Waals surface area (Å²) in [6.07, 6.45) is -0.417. The molecule has 7 rings (SSSR count). The lowest BCUT2D eigenvalue weighted by Crippen LogP contribution is -2.58. The number of esters is 1. The highest BCUT2D eigenvalue weighted by Crippen LogP contribution is 2.92. The zero-order chi connectivity index (χ0) is 16.9. The largest absolute Gasteiger partial charge is 0.469 e. The molecule has 0 aliphatic heterocycles. The van der Waals surface area contributed by atoms with Crippen molar-refractivity contribution in [2.75, 3.05) is 7.11 Å². The average Bonchev–Trinajstić information content (AvgIpc) is 3.49. The number of methoxy groups -OCH3 is 1. The zero-order valence-electron chi connectivity index (χ0n) is 14.0. The van der Waals surface area contributed by atoms with Crippen LogP contribution in [-0.2, 0) is 20.9 Å². The molecule has 6 aliphatic carbocycles. The van der Waals surface area contributed by atoms with Crippen LogP contribution in [-0.4, -0.2) is 25.2 Å². The van der Waals surface area contributed by atoms with Crippen molar-refractivity contribution in [3.63, 3.8) is 0 Å². The SMILES string of the molecule is COC(=O)[C@@H]1C2C3C4C5C2C5C(C43)[C@@H]1NC(=O)OCc1ccccc1. The highest BCUT2D eigenvalue weighted by atomic mass is 16.5. The van der Waals surface area contributed by atoms with Gasteiger partial charge in [0.05, 0.1) is 13.0 Å². The van der Waals surface area contributed by atoms with Gasteiger partial charge in [-0.15, -0.1) is 0 Å². The summed E-state index contributed by atoms with van der Waals surface area (Å²) < 4.78 is 10.5. The van der Waals surface area contributed by atoms with Crippen molar-refractivity contribution in [2.45, 2.75) is 12.6 Å². The van der Waals surface area contributed by atoms with Crippen molar-refractivity contribution in [1.29, 1.82) is 0 Å². The molecule has 130 valence electrons. The van der Waals surface area contributed by atoms with Gasteiger partial charge in [0.1, 0.15) is 6.61 Å². The summed E-state index contributed by atoms with van der Waals surface area (Å²) in [5.74, 6) is 5.17. The van der Waals surface area contributed by atoms with E-state index in [0.717, 1.165) is 41.1 Å². The number of ether oxygens (including phenoxy) is 2. The second-order valence-corrected chi connectivity index (χ2v) is 8.40. The Labute approximate surface area is 146 Å². The molecule has 6 unspecified atom stereocenters. The van der Waals surface area contributed by atoms with E-state index >= 15 is 0 Å². The van der Waals surface area contributed by atoms with Crippen LogP contribution in [0.1, 0.15) is 5.56 Å². The number of carbonyl (C=O) groups excluding carboxylic acids is 2. The summed E-state index contributed by atoms with van der Waals surface area (Å²) in [4.78, 5) is 24.8. The summed E-state index contributed by atoms with van der Waals surface area (Å²) in [6, 6.07) is 9.53. The number of hydrogen-bond acceptors (Lipinski definition) is 4. The maximum atomic E-state index is 12.5. The third kappa shape index (κ3) is 1.64. The van der Waals surface area contributed by atoms with Crippen LogP contribution >= 0.6 is 0 Å². The maximum absolute atomic E-state index is 12.5. The number of hydrogen-bond donors (Lipinski definition) is 1. The van der Waals surface area contributed by atoms with Gasteiger partial charge in [-0.05, 0) is 52.9 Å². The third-order valence-corrected chi connectivity index (χ3v) is 7.79. The zero-order valence-corrected chi connectivity index (χ0v) is 14.0. The van der Waals surface area contributed by atoms with Gasteiger partial charge in [0, 0.05) is 6.04 Å². The molecule has 0 radical (unpaired) electrons. The number of amides is 1. The lowest BCUT2D eigenvalue weighted by Gasteiger charge is -2.46. The van der Waals surface area contributed by atoms with E-state index in [4.69, 9.17) is 9.47 Å². The van der Waals surface area contributed by atoms with Crippen LogP contribution < -0.4 is 5.32 Å². The predicted octanol–water partition coefficient (Wildman–Crippen LogP) is 2.07. The average molecular weight is 339 g/mol. The number of fused-ring (bicyclic) bond motifs is 1. The first-order valence-corrected chi connectivity index (χ1v) is 9.27. The van der Waals surface area contributed by atoms with Crippen molar-refractivity contribution in [2.24, 2.45) is 53.3 Å². The number of nitrogens with one attached hydrogen (secondary N) is 1. The number of rotatable bonds is 4. The Hall–Kier alpha value is -2.04. The van der Waals surface area contributed by atoms with Gasteiger partial charge in [0.25, 0.3) is 0 Å². The van der Waals surface area contributed by atoms with Gasteiger partial charge in [0.15, 0.2) is 0 Å². The van der Waals surface area contributed by atoms with Gasteiger partial charge in [0.2, 0.25) is 0 Å². The van der Waals surface area contributed by atoms with Crippen molar-refractivity contribution >= 4 is 12.1 Å². The molecule has 1 amide bonds. The Morgan fingerprint density at radius 1 is 0.920 bits per heavy atom. The van der Waals surface area contributed by atoms with E-state index in [9.17, 15) is 9.59 Å². The van der Waals surface area contributed by atoms with Crippen molar-refractivity contribution in [3.8, 4) is 0 Å². The number of benzene rings is 1. The molecule has 1 aromatic carbocycles. The molecule has 1 N–H and O–H groups in total. The Balaban J connectivity index is 1.19. The van der Waals surface area contributed by atoms with E-state index in [-0.39, 0.29) is 24.5 Å². The van der Waals surface area contributed by atoms with Crippen molar-refractivity contribution in [3.05, 3.63) is 35.9 Å². The fourth-order valence-corrected chi connectivity index (χ4v) is 7.33. The minimum atomic E-state index is -0.417. The van der Waals surface area contributed by atoms with Crippen LogP contribution in [0, 0.1) is 53.3 Å². The molecule has 0 saturated heterocycles. The van der Waals surface area contributed by atoms with Crippen LogP contribution in [0.3, 0.4) is 0 Å². The van der Waals surface area contributed by atoms with Crippen molar-refractivity contribution in [1.82, 2.24) is 5.32 Å². The summed E-state index contributed by atoms with van der Waals surface area (Å²) in [5, 5.41) is 3.05. The molecule has 5 nitrogen and oxygen atoms in total. The van der Waals surface area contributed by atoms with Gasteiger partial charge in [-0.2, -0.15) is 0 Å². The molecular weight excluding hydrogens is 318 g/mol. The topological polar surface area (TPSA) is 64.6 Å². The minimum Gasteiger partial charge on any atom is -0.469 e. The fourth-order valence-electron chi connectivity index (χ4n) is 7.33. The van der Waals surface area contributed by atoms with Gasteiger partial charge in [-0.1, -0.05) is 30.3 Å². The van der Waals surface area contributed by atoms with Crippen LogP contribution in [0.5, 0.6) is 0 Å². The molecule has 8 atom stereocenters. The van der Waals surface area contributed by atoms with E-state index < -0.39 is 6.09 Å². The van der Waals surface area contributed by atoms with E-state index in [2.05, 4.69) is 5.32 Å². The summed E-state index contributed by atoms with van der Waals surface area (Å²) in [7, 11) is 1.46. The highest BCUT2D eigenvalue weighted by Gasteiger charge is 2.91. The summed E-state index contributed by atoms with van der Waals surface area (Å²) in [6.45, 7) is 0.250. The summed E-state index contributed by atoms with van der Waals surface area (Å²) in [5.41, 5.74) is 0.960. The van der Waals surface area contributed by atoms with Crippen LogP contribution in [0.25, 0.3) is 0 Å². The molecule has 1 aromatic rings. The van der Waals surface area contributed by atoms with Gasteiger partial charge < -0.3 is 14.8 Å². The second kappa shape index (κ2) is 4.57. The lowest BCUT2D eigenvalue weighted by molar-refractivity contribution is -0.154. The molecule has 2 bridgehead atoms. The molecule has 0 heterocycles. The molecule has 6 aliphatic rings. The first kappa shape index (κ1) is 14.2. The Bertz CT molecular complexity index is 742. The van der Waals surface area contributed by atoms with Crippen LogP contribution in [0.15, 0.2) is 30.3 Å². The molecule has 25 heavy (non-hydrogen) atoms. The quantitative estimate of drug-likeness (QED) is 0.853. The number of alkyl carbamates (subject to hydrolysis) is 1. The van der Waals surface area contributed by atoms with Gasteiger partial charge in [-0.3, -0.25) is 4.79 Å². The Morgan fingerprint density at radius 2 is 1.52 bits per heavy atom. The maximum Gasteiger partial charge on any atom is 0.407 e. The van der Waals surface area contributed by atoms with E-state index in [1.165, 1.54) is 7.11 Å². The number of carbonyl (C=O) groups is 2.